The summed E-state index contributed by atoms with van der Waals surface area (Å²) < 4.78 is 26.9. The number of rotatable bonds is 7. The number of hydrogen-bond donors (Lipinski definition) is 2. The highest BCUT2D eigenvalue weighted by Gasteiger charge is 2.23. The number of nitrogens with one attached hydrogen (secondary N) is 2. The molecule has 1 aromatic heterocycles. The number of hydrogen-bond acceptors (Lipinski definition) is 9. The normalized spacial score (nSPS) is 15.5. The number of amides is 2. The van der Waals surface area contributed by atoms with Crippen LogP contribution in [-0.2, 0) is 6.54 Å². The fourth-order valence-corrected chi connectivity index (χ4v) is 4.45. The smallest absolute Gasteiger partial charge is 0.320 e. The Morgan fingerprint density at radius 2 is 1.67 bits per heavy atom. The van der Waals surface area contributed by atoms with E-state index in [1.54, 1.807) is 26.4 Å². The van der Waals surface area contributed by atoms with Crippen LogP contribution in [0.2, 0.25) is 0 Å². The minimum Gasteiger partial charge on any atom is -0.493 e. The van der Waals surface area contributed by atoms with Gasteiger partial charge in [0, 0.05) is 37.8 Å². The number of anilines is 1. The maximum atomic E-state index is 12.8. The van der Waals surface area contributed by atoms with Gasteiger partial charge in [-0.15, -0.1) is 0 Å². The van der Waals surface area contributed by atoms with E-state index in [1.165, 1.54) is 12.7 Å². The van der Waals surface area contributed by atoms with Crippen molar-refractivity contribution in [3.8, 4) is 28.9 Å². The molecule has 0 spiro atoms. The van der Waals surface area contributed by atoms with E-state index in [2.05, 4.69) is 31.6 Å². The standard InChI is InChI=1S/C25H29N5O6/c1-32-20-11-17-18(12-21(20)33-2)28-24(34-3)23(27-17)29-25(31)26-16-6-8-30(9-7-16)13-15-4-5-19-22(10-15)36-14-35-19/h4-5,10-12,16H,6-9,13-14H2,1-3H3,(H2,26,27,29,31). The van der Waals surface area contributed by atoms with Gasteiger partial charge in [0.05, 0.1) is 32.4 Å². The molecule has 2 N–H and O–H groups in total. The number of urea groups is 1. The Bertz CT molecular complexity index is 1260. The first kappa shape index (κ1) is 23.7. The van der Waals surface area contributed by atoms with E-state index in [-0.39, 0.29) is 30.6 Å². The molecule has 0 bridgehead atoms. The molecule has 0 aliphatic carbocycles. The van der Waals surface area contributed by atoms with Gasteiger partial charge in [-0.1, -0.05) is 6.07 Å². The Hall–Kier alpha value is -3.99. The molecular weight excluding hydrogens is 466 g/mol. The molecule has 190 valence electrons. The monoisotopic (exact) mass is 495 g/mol. The lowest BCUT2D eigenvalue weighted by atomic mass is 10.0. The molecule has 2 aliphatic rings. The molecule has 2 aliphatic heterocycles. The zero-order valence-corrected chi connectivity index (χ0v) is 20.5. The third-order valence-electron chi connectivity index (χ3n) is 6.33. The summed E-state index contributed by atoms with van der Waals surface area (Å²) in [6, 6.07) is 9.18. The van der Waals surface area contributed by atoms with Crippen molar-refractivity contribution in [1.29, 1.82) is 0 Å². The average molecular weight is 496 g/mol. The zero-order valence-electron chi connectivity index (χ0n) is 20.5. The van der Waals surface area contributed by atoms with Crippen LogP contribution in [-0.4, -0.2) is 68.2 Å². The van der Waals surface area contributed by atoms with Gasteiger partial charge in [-0.05, 0) is 30.5 Å². The van der Waals surface area contributed by atoms with E-state index in [9.17, 15) is 4.79 Å². The molecule has 2 amide bonds. The van der Waals surface area contributed by atoms with Gasteiger partial charge < -0.3 is 29.0 Å². The van der Waals surface area contributed by atoms with Crippen LogP contribution in [0.1, 0.15) is 18.4 Å². The molecule has 3 heterocycles. The Kier molecular flexibility index (Phi) is 6.81. The highest BCUT2D eigenvalue weighted by atomic mass is 16.7. The minimum absolute atomic E-state index is 0.0572. The fraction of sp³-hybridized carbons (Fsp3) is 0.400. The van der Waals surface area contributed by atoms with Crippen LogP contribution in [0.3, 0.4) is 0 Å². The van der Waals surface area contributed by atoms with Gasteiger partial charge in [0.15, 0.2) is 28.8 Å². The van der Waals surface area contributed by atoms with Gasteiger partial charge >= 0.3 is 6.03 Å². The number of benzene rings is 2. The molecule has 1 saturated heterocycles. The van der Waals surface area contributed by atoms with E-state index in [1.807, 2.05) is 12.1 Å². The Morgan fingerprint density at radius 1 is 0.972 bits per heavy atom. The van der Waals surface area contributed by atoms with Crippen molar-refractivity contribution in [2.75, 3.05) is 46.5 Å². The molecule has 0 radical (unpaired) electrons. The first-order chi connectivity index (χ1) is 17.6. The number of carbonyl (C=O) groups is 1. The second-order valence-corrected chi connectivity index (χ2v) is 8.61. The first-order valence-corrected chi connectivity index (χ1v) is 11.7. The predicted octanol–water partition coefficient (Wildman–Crippen LogP) is 3.17. The third-order valence-corrected chi connectivity index (χ3v) is 6.33. The van der Waals surface area contributed by atoms with Gasteiger partial charge in [-0.2, -0.15) is 0 Å². The first-order valence-electron chi connectivity index (χ1n) is 11.7. The number of nitrogens with zero attached hydrogens (tertiary/aromatic N) is 3. The molecule has 11 nitrogen and oxygen atoms in total. The third kappa shape index (κ3) is 5.01. The summed E-state index contributed by atoms with van der Waals surface area (Å²) in [7, 11) is 4.58. The number of aromatic nitrogens is 2. The lowest BCUT2D eigenvalue weighted by Crippen LogP contribution is -2.45. The average Bonchev–Trinajstić information content (AvgIpc) is 3.36. The van der Waals surface area contributed by atoms with Crippen molar-refractivity contribution in [1.82, 2.24) is 20.2 Å². The Morgan fingerprint density at radius 3 is 2.36 bits per heavy atom. The summed E-state index contributed by atoms with van der Waals surface area (Å²) in [5.41, 5.74) is 2.28. The fourth-order valence-electron chi connectivity index (χ4n) is 4.45. The highest BCUT2D eigenvalue weighted by Crippen LogP contribution is 2.34. The van der Waals surface area contributed by atoms with Crippen molar-refractivity contribution in [3.05, 3.63) is 35.9 Å². The van der Waals surface area contributed by atoms with Gasteiger partial charge in [0.2, 0.25) is 6.79 Å². The lowest BCUT2D eigenvalue weighted by Gasteiger charge is -2.32. The molecule has 5 rings (SSSR count). The van der Waals surface area contributed by atoms with Crippen molar-refractivity contribution in [2.45, 2.75) is 25.4 Å². The molecule has 36 heavy (non-hydrogen) atoms. The van der Waals surface area contributed by atoms with E-state index in [4.69, 9.17) is 23.7 Å². The molecular formula is C25H29N5O6. The van der Waals surface area contributed by atoms with E-state index in [0.29, 0.717) is 22.5 Å². The summed E-state index contributed by atoms with van der Waals surface area (Å²) in [4.78, 5) is 24.1. The number of fused-ring (bicyclic) bond motifs is 2. The number of ether oxygens (including phenoxy) is 5. The number of piperidine rings is 1. The number of methoxy groups -OCH3 is 3. The quantitative estimate of drug-likeness (QED) is 0.510. The van der Waals surface area contributed by atoms with E-state index < -0.39 is 0 Å². The maximum absolute atomic E-state index is 12.8. The second-order valence-electron chi connectivity index (χ2n) is 8.61. The van der Waals surface area contributed by atoms with Gasteiger partial charge in [-0.3, -0.25) is 10.2 Å². The Balaban J connectivity index is 1.18. The van der Waals surface area contributed by atoms with Crippen molar-refractivity contribution >= 4 is 22.9 Å². The van der Waals surface area contributed by atoms with Gasteiger partial charge in [0.1, 0.15) is 0 Å². The van der Waals surface area contributed by atoms with Crippen LogP contribution in [0, 0.1) is 0 Å². The number of likely N-dealkylation sites (tertiary alicyclic amines) is 1. The van der Waals surface area contributed by atoms with Gasteiger partial charge in [0.25, 0.3) is 5.88 Å². The molecule has 2 aromatic carbocycles. The van der Waals surface area contributed by atoms with Crippen molar-refractivity contribution in [3.63, 3.8) is 0 Å². The number of carbonyl (C=O) groups excluding carboxylic acids is 1. The summed E-state index contributed by atoms with van der Waals surface area (Å²) in [6.45, 7) is 2.85. The minimum atomic E-state index is -0.350. The molecule has 0 saturated carbocycles. The predicted molar refractivity (Wildman–Crippen MR) is 132 cm³/mol. The summed E-state index contributed by atoms with van der Waals surface area (Å²) in [5, 5.41) is 5.83. The van der Waals surface area contributed by atoms with Crippen molar-refractivity contribution < 1.29 is 28.5 Å². The lowest BCUT2D eigenvalue weighted by molar-refractivity contribution is 0.173. The van der Waals surface area contributed by atoms with Crippen molar-refractivity contribution in [2.24, 2.45) is 0 Å². The summed E-state index contributed by atoms with van der Waals surface area (Å²) in [5.74, 6) is 3.08. The largest absolute Gasteiger partial charge is 0.493 e. The highest BCUT2D eigenvalue weighted by molar-refractivity contribution is 5.91. The van der Waals surface area contributed by atoms with Crippen LogP contribution in [0.15, 0.2) is 30.3 Å². The molecule has 0 atom stereocenters. The van der Waals surface area contributed by atoms with Crippen LogP contribution < -0.4 is 34.3 Å². The van der Waals surface area contributed by atoms with Gasteiger partial charge in [-0.25, -0.2) is 14.8 Å². The van der Waals surface area contributed by atoms with Crippen LogP contribution in [0.25, 0.3) is 11.0 Å². The van der Waals surface area contributed by atoms with Crippen LogP contribution in [0.4, 0.5) is 10.6 Å². The molecule has 11 heteroatoms. The van der Waals surface area contributed by atoms with Crippen LogP contribution >= 0.6 is 0 Å². The molecule has 1 fully saturated rings. The summed E-state index contributed by atoms with van der Waals surface area (Å²) >= 11 is 0. The maximum Gasteiger partial charge on any atom is 0.320 e. The zero-order chi connectivity index (χ0) is 25.1. The topological polar surface area (TPSA) is 116 Å². The van der Waals surface area contributed by atoms with E-state index in [0.717, 1.165) is 44.0 Å². The summed E-state index contributed by atoms with van der Waals surface area (Å²) in [6.07, 6.45) is 1.69. The second kappa shape index (κ2) is 10.3. The van der Waals surface area contributed by atoms with E-state index >= 15 is 0 Å². The molecule has 0 unspecified atom stereocenters. The SMILES string of the molecule is COc1cc2nc(NC(=O)NC3CCN(Cc4ccc5c(c4)OCO5)CC3)c(OC)nc2cc1OC. The molecule has 3 aromatic rings. The Labute approximate surface area is 208 Å². The van der Waals surface area contributed by atoms with Crippen LogP contribution in [0.5, 0.6) is 28.9 Å².